The fraction of sp³-hybridized carbons (Fsp3) is 0.235. The lowest BCUT2D eigenvalue weighted by Gasteiger charge is -2.11. The van der Waals surface area contributed by atoms with E-state index in [1.54, 1.807) is 12.1 Å². The third-order valence-electron chi connectivity index (χ3n) is 3.57. The first-order chi connectivity index (χ1) is 10.6. The fourth-order valence-corrected chi connectivity index (χ4v) is 2.83. The van der Waals surface area contributed by atoms with E-state index in [9.17, 15) is 4.79 Å². The van der Waals surface area contributed by atoms with Crippen molar-refractivity contribution < 1.29 is 4.79 Å². The van der Waals surface area contributed by atoms with Gasteiger partial charge in [-0.2, -0.15) is 0 Å². The third kappa shape index (κ3) is 3.81. The lowest BCUT2D eigenvalue weighted by atomic mass is 10.1. The van der Waals surface area contributed by atoms with Crippen molar-refractivity contribution in [1.29, 1.82) is 0 Å². The molecule has 1 aliphatic carbocycles. The zero-order valence-electron chi connectivity index (χ0n) is 11.9. The number of rotatable bonds is 5. The van der Waals surface area contributed by atoms with Crippen LogP contribution in [0.5, 0.6) is 0 Å². The predicted octanol–water partition coefficient (Wildman–Crippen LogP) is 4.61. The Bertz CT molecular complexity index is 701. The molecule has 0 heterocycles. The first-order valence-electron chi connectivity index (χ1n) is 7.21. The molecular weight excluding hydrogens is 364 g/mol. The van der Waals surface area contributed by atoms with Gasteiger partial charge in [0, 0.05) is 22.7 Å². The normalized spacial score (nSPS) is 13.7. The van der Waals surface area contributed by atoms with Crippen molar-refractivity contribution in [3.8, 4) is 0 Å². The summed E-state index contributed by atoms with van der Waals surface area (Å²) in [5.41, 5.74) is 2.58. The van der Waals surface area contributed by atoms with Crippen molar-refractivity contribution in [2.24, 2.45) is 0 Å². The summed E-state index contributed by atoms with van der Waals surface area (Å²) in [4.78, 5) is 12.0. The van der Waals surface area contributed by atoms with E-state index in [1.165, 1.54) is 0 Å². The van der Waals surface area contributed by atoms with Crippen molar-refractivity contribution in [1.82, 2.24) is 5.32 Å². The van der Waals surface area contributed by atoms with Gasteiger partial charge in [-0.25, -0.2) is 0 Å². The molecule has 0 aliphatic heterocycles. The summed E-state index contributed by atoms with van der Waals surface area (Å²) in [6.07, 6.45) is 2.13. The Morgan fingerprint density at radius 2 is 2.00 bits per heavy atom. The highest BCUT2D eigenvalue weighted by Gasteiger charge is 2.24. The van der Waals surface area contributed by atoms with E-state index >= 15 is 0 Å². The quantitative estimate of drug-likeness (QED) is 0.796. The van der Waals surface area contributed by atoms with Crippen LogP contribution in [0, 0.1) is 0 Å². The predicted molar refractivity (Wildman–Crippen MR) is 93.4 cm³/mol. The van der Waals surface area contributed by atoms with E-state index in [0.717, 1.165) is 28.6 Å². The number of nitrogens with one attached hydrogen (secondary N) is 2. The molecule has 1 saturated carbocycles. The maximum Gasteiger partial charge on any atom is 0.253 e. The number of carbonyl (C=O) groups excluding carboxylic acids is 1. The van der Waals surface area contributed by atoms with Gasteiger partial charge < -0.3 is 10.6 Å². The highest BCUT2D eigenvalue weighted by molar-refractivity contribution is 9.10. The Labute approximate surface area is 143 Å². The van der Waals surface area contributed by atoms with Crippen LogP contribution >= 0.6 is 27.5 Å². The smallest absolute Gasteiger partial charge is 0.253 e. The topological polar surface area (TPSA) is 41.1 Å². The van der Waals surface area contributed by atoms with Crippen LogP contribution in [-0.4, -0.2) is 11.9 Å². The van der Waals surface area contributed by atoms with Gasteiger partial charge in [0.25, 0.3) is 5.91 Å². The van der Waals surface area contributed by atoms with E-state index in [4.69, 9.17) is 11.6 Å². The minimum atomic E-state index is -0.0927. The van der Waals surface area contributed by atoms with Crippen LogP contribution in [0.4, 0.5) is 5.69 Å². The summed E-state index contributed by atoms with van der Waals surface area (Å²) >= 11 is 9.76. The standard InChI is InChI=1S/C17H16BrClN2O/c18-15-4-2-1-3-11(15)10-20-13-7-8-14(16(19)9-13)17(22)21-12-5-6-12/h1-4,7-9,12,20H,5-6,10H2,(H,21,22). The van der Waals surface area contributed by atoms with Crippen LogP contribution in [0.1, 0.15) is 28.8 Å². The lowest BCUT2D eigenvalue weighted by molar-refractivity contribution is 0.0951. The molecule has 1 aliphatic rings. The summed E-state index contributed by atoms with van der Waals surface area (Å²) < 4.78 is 1.06. The van der Waals surface area contributed by atoms with Crippen molar-refractivity contribution in [2.75, 3.05) is 5.32 Å². The first-order valence-corrected chi connectivity index (χ1v) is 8.38. The van der Waals surface area contributed by atoms with E-state index in [2.05, 4.69) is 32.6 Å². The Kier molecular flexibility index (Phi) is 4.69. The molecule has 2 N–H and O–H groups in total. The van der Waals surface area contributed by atoms with Crippen LogP contribution < -0.4 is 10.6 Å². The summed E-state index contributed by atoms with van der Waals surface area (Å²) in [7, 11) is 0. The zero-order valence-corrected chi connectivity index (χ0v) is 14.2. The molecule has 22 heavy (non-hydrogen) atoms. The SMILES string of the molecule is O=C(NC1CC1)c1ccc(NCc2ccccc2Br)cc1Cl. The molecule has 2 aromatic carbocycles. The second kappa shape index (κ2) is 6.71. The minimum Gasteiger partial charge on any atom is -0.381 e. The molecule has 0 bridgehead atoms. The molecule has 0 unspecified atom stereocenters. The van der Waals surface area contributed by atoms with Crippen LogP contribution in [0.2, 0.25) is 5.02 Å². The molecule has 5 heteroatoms. The molecule has 2 aromatic rings. The fourth-order valence-electron chi connectivity index (χ4n) is 2.14. The molecular formula is C17H16BrClN2O. The van der Waals surface area contributed by atoms with Gasteiger partial charge in [-0.15, -0.1) is 0 Å². The molecule has 3 nitrogen and oxygen atoms in total. The van der Waals surface area contributed by atoms with Crippen LogP contribution in [0.3, 0.4) is 0 Å². The van der Waals surface area contributed by atoms with Gasteiger partial charge >= 0.3 is 0 Å². The van der Waals surface area contributed by atoms with E-state index in [1.807, 2.05) is 24.3 Å². The van der Waals surface area contributed by atoms with Gasteiger partial charge in [0.1, 0.15) is 0 Å². The zero-order chi connectivity index (χ0) is 15.5. The second-order valence-electron chi connectivity index (χ2n) is 5.39. The Hall–Kier alpha value is -1.52. The number of carbonyl (C=O) groups is 1. The van der Waals surface area contributed by atoms with Crippen LogP contribution in [0.25, 0.3) is 0 Å². The van der Waals surface area contributed by atoms with Gasteiger partial charge in [-0.3, -0.25) is 4.79 Å². The van der Waals surface area contributed by atoms with Gasteiger partial charge in [0.05, 0.1) is 10.6 Å². The number of benzene rings is 2. The van der Waals surface area contributed by atoms with Crippen LogP contribution in [-0.2, 0) is 6.54 Å². The number of hydrogen-bond acceptors (Lipinski definition) is 2. The van der Waals surface area contributed by atoms with Crippen molar-refractivity contribution in [3.63, 3.8) is 0 Å². The number of hydrogen-bond donors (Lipinski definition) is 2. The highest BCUT2D eigenvalue weighted by atomic mass is 79.9. The van der Waals surface area contributed by atoms with Gasteiger partial charge in [0.2, 0.25) is 0 Å². The second-order valence-corrected chi connectivity index (χ2v) is 6.65. The Morgan fingerprint density at radius 1 is 1.23 bits per heavy atom. The average molecular weight is 380 g/mol. The van der Waals surface area contributed by atoms with E-state index < -0.39 is 0 Å². The Balaban J connectivity index is 1.66. The molecule has 0 atom stereocenters. The third-order valence-corrected chi connectivity index (χ3v) is 4.65. The largest absolute Gasteiger partial charge is 0.381 e. The number of halogens is 2. The average Bonchev–Trinajstić information content (AvgIpc) is 3.30. The summed E-state index contributed by atoms with van der Waals surface area (Å²) in [6.45, 7) is 0.686. The number of anilines is 1. The maximum atomic E-state index is 12.0. The highest BCUT2D eigenvalue weighted by Crippen LogP contribution is 2.25. The minimum absolute atomic E-state index is 0.0927. The summed E-state index contributed by atoms with van der Waals surface area (Å²) in [6, 6.07) is 13.8. The van der Waals surface area contributed by atoms with Crippen LogP contribution in [0.15, 0.2) is 46.9 Å². The van der Waals surface area contributed by atoms with Gasteiger partial charge in [-0.1, -0.05) is 45.7 Å². The summed E-state index contributed by atoms with van der Waals surface area (Å²) in [5, 5.41) is 6.73. The molecule has 1 fully saturated rings. The van der Waals surface area contributed by atoms with Crippen molar-refractivity contribution in [2.45, 2.75) is 25.4 Å². The Morgan fingerprint density at radius 3 is 2.68 bits per heavy atom. The van der Waals surface area contributed by atoms with E-state index in [0.29, 0.717) is 23.2 Å². The molecule has 114 valence electrons. The monoisotopic (exact) mass is 378 g/mol. The molecule has 0 radical (unpaired) electrons. The molecule has 3 rings (SSSR count). The molecule has 0 saturated heterocycles. The number of amides is 1. The van der Waals surface area contributed by atoms with Crippen molar-refractivity contribution >= 4 is 39.1 Å². The van der Waals surface area contributed by atoms with Gasteiger partial charge in [0.15, 0.2) is 0 Å². The van der Waals surface area contributed by atoms with E-state index in [-0.39, 0.29) is 5.91 Å². The van der Waals surface area contributed by atoms with Gasteiger partial charge in [-0.05, 0) is 42.7 Å². The summed E-state index contributed by atoms with van der Waals surface area (Å²) in [5.74, 6) is -0.0927. The molecule has 0 aromatic heterocycles. The maximum absolute atomic E-state index is 12.0. The van der Waals surface area contributed by atoms with Crippen molar-refractivity contribution in [3.05, 3.63) is 63.1 Å². The molecule has 0 spiro atoms. The lowest BCUT2D eigenvalue weighted by Crippen LogP contribution is -2.25. The molecule has 1 amide bonds. The first kappa shape index (κ1) is 15.4.